The van der Waals surface area contributed by atoms with Crippen molar-refractivity contribution in [2.24, 2.45) is 41.4 Å². The Balaban J connectivity index is 4.41. The van der Waals surface area contributed by atoms with Crippen LogP contribution in [0.3, 0.4) is 0 Å². The quantitative estimate of drug-likeness (QED) is 0.109. The van der Waals surface area contributed by atoms with Crippen molar-refractivity contribution in [1.82, 2.24) is 55.6 Å². The van der Waals surface area contributed by atoms with E-state index in [1.807, 2.05) is 55.4 Å². The molecule has 13 atom stereocenters. The Hall–Kier alpha value is -5.84. The van der Waals surface area contributed by atoms with Crippen LogP contribution in [0.2, 0.25) is 0 Å². The SMILES string of the molecule is C/C=C/C[C@@H](C)[C@@H](O)[C@H]1C(=O)N[C@@H](CC)C(=O)N(C)C(CCl)C(=O)N(C)[C@@H](CC(C)C)C(=O)N[C@@H](C(C)C)C(=O)N(C)[C@@H](CC(C)C)C(=O)N[C@@H](C)C(=O)N[C@@H](C)C(=O)N(C)[C@@H](CC(C)C)C(=O)N(C)[C@@H](CC(C)C)C(=O)N(C)[C@@H](C(C)C)C(=O)N1C. The molecule has 0 aromatic heterocycles. The van der Waals surface area contributed by atoms with E-state index in [9.17, 15) is 48.3 Å². The van der Waals surface area contributed by atoms with Gasteiger partial charge in [-0.2, -0.15) is 0 Å². The minimum absolute atomic E-state index is 0.0238. The maximum absolute atomic E-state index is 15.2. The fourth-order valence-corrected chi connectivity index (χ4v) is 11.3. The van der Waals surface area contributed by atoms with Gasteiger partial charge in [0.1, 0.15) is 66.5 Å². The zero-order valence-electron chi connectivity index (χ0n) is 57.0. The van der Waals surface area contributed by atoms with Crippen molar-refractivity contribution in [3.05, 3.63) is 12.2 Å². The van der Waals surface area contributed by atoms with Gasteiger partial charge in [-0.15, -0.1) is 11.6 Å². The van der Waals surface area contributed by atoms with Crippen LogP contribution in [0.4, 0.5) is 0 Å². The fourth-order valence-electron chi connectivity index (χ4n) is 11.0. The van der Waals surface area contributed by atoms with E-state index in [4.69, 9.17) is 11.6 Å². The van der Waals surface area contributed by atoms with Gasteiger partial charge in [0.05, 0.1) is 12.0 Å². The van der Waals surface area contributed by atoms with Crippen LogP contribution in [0.1, 0.15) is 156 Å². The van der Waals surface area contributed by atoms with Crippen LogP contribution < -0.4 is 21.3 Å². The predicted molar refractivity (Wildman–Crippen MR) is 338 cm³/mol. The zero-order chi connectivity index (χ0) is 67.6. The van der Waals surface area contributed by atoms with E-state index in [0.29, 0.717) is 6.42 Å². The number of hydrogen-bond donors (Lipinski definition) is 5. The molecule has 1 heterocycles. The molecule has 0 saturated carbocycles. The maximum atomic E-state index is 15.2. The molecule has 0 bridgehead atoms. The number of aliphatic hydroxyl groups is 1. The van der Waals surface area contributed by atoms with Crippen molar-refractivity contribution in [3.63, 3.8) is 0 Å². The first-order valence-corrected chi connectivity index (χ1v) is 31.6. The zero-order valence-corrected chi connectivity index (χ0v) is 57.8. The molecule has 24 heteroatoms. The van der Waals surface area contributed by atoms with Gasteiger partial charge < -0.3 is 60.7 Å². The van der Waals surface area contributed by atoms with E-state index in [2.05, 4.69) is 21.3 Å². The number of alkyl halides is 1. The Morgan fingerprint density at radius 1 is 0.437 bits per heavy atom. The normalized spacial score (nSPS) is 27.4. The van der Waals surface area contributed by atoms with Gasteiger partial charge in [-0.1, -0.05) is 109 Å². The van der Waals surface area contributed by atoms with Gasteiger partial charge in [0.15, 0.2) is 0 Å². The van der Waals surface area contributed by atoms with E-state index in [1.165, 1.54) is 87.7 Å². The highest BCUT2D eigenvalue weighted by atomic mass is 35.5. The van der Waals surface area contributed by atoms with Gasteiger partial charge in [0.25, 0.3) is 0 Å². The van der Waals surface area contributed by atoms with Crippen LogP contribution in [0, 0.1) is 41.4 Å². The first kappa shape index (κ1) is 79.2. The molecule has 0 radical (unpaired) electrons. The largest absolute Gasteiger partial charge is 0.390 e. The van der Waals surface area contributed by atoms with Gasteiger partial charge in [0, 0.05) is 49.3 Å². The van der Waals surface area contributed by atoms with E-state index < -0.39 is 161 Å². The highest BCUT2D eigenvalue weighted by Crippen LogP contribution is 2.26. The Bertz CT molecular complexity index is 2390. The van der Waals surface area contributed by atoms with Gasteiger partial charge in [0.2, 0.25) is 65.0 Å². The van der Waals surface area contributed by atoms with Crippen LogP contribution in [0.5, 0.6) is 0 Å². The molecule has 11 amide bonds. The lowest BCUT2D eigenvalue weighted by Crippen LogP contribution is -2.64. The molecule has 0 aromatic rings. The van der Waals surface area contributed by atoms with Crippen molar-refractivity contribution >= 4 is 76.6 Å². The first-order chi connectivity index (χ1) is 40.2. The number of nitrogens with zero attached hydrogens (tertiary/aromatic N) is 7. The number of aliphatic hydroxyl groups excluding tert-OH is 1. The minimum atomic E-state index is -1.64. The molecule has 0 aliphatic carbocycles. The first-order valence-electron chi connectivity index (χ1n) is 31.1. The number of carbonyl (C=O) groups excluding carboxylic acids is 11. The lowest BCUT2D eigenvalue weighted by Gasteiger charge is -2.41. The minimum Gasteiger partial charge on any atom is -0.390 e. The number of carbonyl (C=O) groups is 11. The molecule has 1 unspecified atom stereocenters. The number of nitrogens with one attached hydrogen (secondary N) is 4. The number of allylic oxidation sites excluding steroid dienone is 2. The van der Waals surface area contributed by atoms with Crippen molar-refractivity contribution in [2.45, 2.75) is 229 Å². The molecule has 1 saturated heterocycles. The number of halogens is 1. The van der Waals surface area contributed by atoms with Gasteiger partial charge >= 0.3 is 0 Å². The number of likely N-dealkylation sites (N-methyl/N-ethyl adjacent to an activating group) is 7. The summed E-state index contributed by atoms with van der Waals surface area (Å²) in [6.07, 6.45) is 2.86. The predicted octanol–water partition coefficient (Wildman–Crippen LogP) is 3.88. The number of amides is 11. The van der Waals surface area contributed by atoms with Gasteiger partial charge in [-0.05, 0) is 101 Å². The van der Waals surface area contributed by atoms with Crippen molar-refractivity contribution in [3.8, 4) is 0 Å². The third kappa shape index (κ3) is 21.7. The fraction of sp³-hybridized carbons (Fsp3) is 0.794. The molecule has 1 fully saturated rings. The van der Waals surface area contributed by atoms with Crippen LogP contribution >= 0.6 is 11.6 Å². The summed E-state index contributed by atoms with van der Waals surface area (Å²) in [6.45, 7) is 29.7. The van der Waals surface area contributed by atoms with Crippen LogP contribution in [-0.4, -0.2) is 232 Å². The Kier molecular flexibility index (Phi) is 32.7. The van der Waals surface area contributed by atoms with E-state index in [-0.39, 0.29) is 55.8 Å². The monoisotopic (exact) mass is 1250 g/mol. The summed E-state index contributed by atoms with van der Waals surface area (Å²) in [7, 11) is 9.82. The van der Waals surface area contributed by atoms with Crippen LogP contribution in [0.25, 0.3) is 0 Å². The number of hydrogen-bond acceptors (Lipinski definition) is 12. The van der Waals surface area contributed by atoms with Crippen LogP contribution in [-0.2, 0) is 52.7 Å². The Morgan fingerprint density at radius 2 is 0.816 bits per heavy atom. The Labute approximate surface area is 525 Å². The maximum Gasteiger partial charge on any atom is 0.247 e. The molecule has 87 heavy (non-hydrogen) atoms. The molecule has 1 aliphatic heterocycles. The lowest BCUT2D eigenvalue weighted by molar-refractivity contribution is -0.157. The van der Waals surface area contributed by atoms with Gasteiger partial charge in [-0.25, -0.2) is 0 Å². The summed E-state index contributed by atoms with van der Waals surface area (Å²) in [5.41, 5.74) is 0. The van der Waals surface area contributed by atoms with E-state index >= 15 is 9.59 Å². The van der Waals surface area contributed by atoms with Crippen molar-refractivity contribution < 1.29 is 57.8 Å². The molecule has 498 valence electrons. The third-order valence-corrected chi connectivity index (χ3v) is 16.8. The van der Waals surface area contributed by atoms with E-state index in [1.54, 1.807) is 60.6 Å². The lowest BCUT2D eigenvalue weighted by atomic mass is 9.91. The number of rotatable bonds is 16. The molecule has 5 N–H and O–H groups in total. The standard InChI is InChI=1S/C63H112ClN11O12/c1-25-27-28-40(15)52(76)51-56(80)67-43(26-2)58(82)73(22)48(33-64)61(85)69(18)45(30-35(5)6)55(79)68-49(38(11)12)62(86)70(19)44(29-34(3)4)54(78)65-41(16)53(77)66-42(17)57(81)71(20)46(31-36(7)8)59(83)72(21)47(32-37(9)10)60(84)74(23)50(39(13)14)63(87)75(51)24/h25,27,34-52,76H,26,28-33H2,1-24H3,(H,65,78)(H,66,77)(H,67,80)(H,68,79)/b27-25+/t40-,41+,42+,43+,44+,45+,46+,47+,48?,49+,50+,51+,52-/m1/s1. The van der Waals surface area contributed by atoms with E-state index in [0.717, 1.165) is 9.80 Å². The summed E-state index contributed by atoms with van der Waals surface area (Å²) in [6, 6.07) is -14.0. The van der Waals surface area contributed by atoms with Crippen molar-refractivity contribution in [2.75, 3.05) is 55.2 Å². The van der Waals surface area contributed by atoms with Gasteiger partial charge in [-0.3, -0.25) is 52.7 Å². The molecule has 1 rings (SSSR count). The molecule has 0 aromatic carbocycles. The second-order valence-electron chi connectivity index (χ2n) is 26.5. The summed E-state index contributed by atoms with van der Waals surface area (Å²) in [4.78, 5) is 170. The average molecular weight is 1250 g/mol. The molecular formula is C63H112ClN11O12. The molecular weight excluding hydrogens is 1140 g/mol. The summed E-state index contributed by atoms with van der Waals surface area (Å²) in [5, 5.41) is 23.1. The van der Waals surface area contributed by atoms with Crippen LogP contribution in [0.15, 0.2) is 12.2 Å². The average Bonchev–Trinajstić information content (AvgIpc) is 1.23. The summed E-state index contributed by atoms with van der Waals surface area (Å²) >= 11 is 6.54. The highest BCUT2D eigenvalue weighted by molar-refractivity contribution is 6.20. The highest BCUT2D eigenvalue weighted by Gasteiger charge is 2.46. The smallest absolute Gasteiger partial charge is 0.247 e. The molecule has 0 spiro atoms. The summed E-state index contributed by atoms with van der Waals surface area (Å²) < 4.78 is 0. The Morgan fingerprint density at radius 3 is 1.24 bits per heavy atom. The van der Waals surface area contributed by atoms with Crippen molar-refractivity contribution in [1.29, 1.82) is 0 Å². The third-order valence-electron chi connectivity index (χ3n) is 16.5. The summed E-state index contributed by atoms with van der Waals surface area (Å²) in [5.74, 6) is -10.6. The topological polar surface area (TPSA) is 279 Å². The molecule has 23 nitrogen and oxygen atoms in total. The second kappa shape index (κ2) is 36.0. The molecule has 1 aliphatic rings. The second-order valence-corrected chi connectivity index (χ2v) is 26.8.